The van der Waals surface area contributed by atoms with E-state index in [2.05, 4.69) is 16.0 Å². The van der Waals surface area contributed by atoms with Gasteiger partial charge in [-0.1, -0.05) is 26.0 Å². The van der Waals surface area contributed by atoms with E-state index in [1.54, 1.807) is 36.4 Å². The van der Waals surface area contributed by atoms with Gasteiger partial charge < -0.3 is 21.7 Å². The summed E-state index contributed by atoms with van der Waals surface area (Å²) >= 11 is 1.35. The number of benzene rings is 1. The Bertz CT molecular complexity index is 781. The molecule has 146 valence electrons. The Balaban J connectivity index is 0.00000364. The molecule has 0 radical (unpaired) electrons. The fourth-order valence-corrected chi connectivity index (χ4v) is 2.69. The number of carbonyl (C=O) groups is 3. The van der Waals surface area contributed by atoms with E-state index < -0.39 is 6.04 Å². The van der Waals surface area contributed by atoms with Crippen LogP contribution in [0.1, 0.15) is 23.5 Å². The molecule has 3 amide bonds. The van der Waals surface area contributed by atoms with Crippen molar-refractivity contribution in [1.29, 1.82) is 0 Å². The number of thiophene rings is 1. The lowest BCUT2D eigenvalue weighted by Crippen LogP contribution is -2.46. The minimum absolute atomic E-state index is 0. The molecule has 0 aliphatic carbocycles. The van der Waals surface area contributed by atoms with Crippen LogP contribution in [0.4, 0.5) is 11.4 Å². The standard InChI is InChI=1S/C18H22N4O3S.ClH/c1-11(2)16(19)18(25)20-10-15(23)21-12-5-3-6-13(9-12)22-17(24)14-7-4-8-26-14;/h3-9,11,16H,10,19H2,1-2H3,(H,20,25)(H,21,23)(H,22,24);1H/t16-;/m0./s1. The fraction of sp³-hybridized carbons (Fsp3) is 0.278. The minimum Gasteiger partial charge on any atom is -0.346 e. The van der Waals surface area contributed by atoms with Crippen molar-refractivity contribution >= 4 is 52.8 Å². The lowest BCUT2D eigenvalue weighted by Gasteiger charge is -2.15. The quantitative estimate of drug-likeness (QED) is 0.561. The van der Waals surface area contributed by atoms with E-state index in [-0.39, 0.29) is 42.6 Å². The van der Waals surface area contributed by atoms with Crippen LogP contribution in [0.3, 0.4) is 0 Å². The maximum absolute atomic E-state index is 12.1. The Morgan fingerprint density at radius 3 is 2.33 bits per heavy atom. The van der Waals surface area contributed by atoms with Crippen LogP contribution in [-0.2, 0) is 9.59 Å². The highest BCUT2D eigenvalue weighted by Crippen LogP contribution is 2.17. The first kappa shape index (κ1) is 22.6. The molecule has 1 heterocycles. The second-order valence-electron chi connectivity index (χ2n) is 6.05. The highest BCUT2D eigenvalue weighted by atomic mass is 35.5. The number of hydrogen-bond acceptors (Lipinski definition) is 5. The van der Waals surface area contributed by atoms with E-state index in [0.717, 1.165) is 0 Å². The Morgan fingerprint density at radius 1 is 1.07 bits per heavy atom. The lowest BCUT2D eigenvalue weighted by molar-refractivity contribution is -0.125. The van der Waals surface area contributed by atoms with Gasteiger partial charge in [-0.2, -0.15) is 0 Å². The second kappa shape index (κ2) is 10.7. The van der Waals surface area contributed by atoms with Crippen molar-refractivity contribution in [1.82, 2.24) is 5.32 Å². The summed E-state index contributed by atoms with van der Waals surface area (Å²) in [7, 11) is 0. The monoisotopic (exact) mass is 410 g/mol. The summed E-state index contributed by atoms with van der Waals surface area (Å²) in [5, 5.41) is 9.77. The predicted molar refractivity (Wildman–Crippen MR) is 110 cm³/mol. The average Bonchev–Trinajstić information content (AvgIpc) is 3.14. The maximum Gasteiger partial charge on any atom is 0.265 e. The minimum atomic E-state index is -0.654. The molecule has 0 aliphatic rings. The van der Waals surface area contributed by atoms with E-state index in [0.29, 0.717) is 16.3 Å². The highest BCUT2D eigenvalue weighted by Gasteiger charge is 2.17. The zero-order valence-corrected chi connectivity index (χ0v) is 16.7. The first-order valence-electron chi connectivity index (χ1n) is 8.15. The van der Waals surface area contributed by atoms with Crippen molar-refractivity contribution in [3.8, 4) is 0 Å². The molecule has 1 aromatic carbocycles. The molecule has 0 fully saturated rings. The van der Waals surface area contributed by atoms with Crippen LogP contribution >= 0.6 is 23.7 Å². The number of rotatable bonds is 7. The number of amides is 3. The summed E-state index contributed by atoms with van der Waals surface area (Å²) < 4.78 is 0. The van der Waals surface area contributed by atoms with Crippen LogP contribution in [0.25, 0.3) is 0 Å². The molecule has 1 aromatic heterocycles. The van der Waals surface area contributed by atoms with Gasteiger partial charge in [-0.3, -0.25) is 14.4 Å². The number of anilines is 2. The van der Waals surface area contributed by atoms with Gasteiger partial charge in [-0.05, 0) is 35.6 Å². The molecule has 5 N–H and O–H groups in total. The molecule has 7 nitrogen and oxygen atoms in total. The molecule has 0 bridgehead atoms. The van der Waals surface area contributed by atoms with Crippen molar-refractivity contribution in [2.75, 3.05) is 17.2 Å². The van der Waals surface area contributed by atoms with Crippen LogP contribution in [-0.4, -0.2) is 30.3 Å². The van der Waals surface area contributed by atoms with Crippen LogP contribution in [0.2, 0.25) is 0 Å². The van der Waals surface area contributed by atoms with Crippen molar-refractivity contribution in [3.63, 3.8) is 0 Å². The number of nitrogens with one attached hydrogen (secondary N) is 3. The fourth-order valence-electron chi connectivity index (χ4n) is 2.07. The van der Waals surface area contributed by atoms with Crippen LogP contribution in [0.5, 0.6) is 0 Å². The second-order valence-corrected chi connectivity index (χ2v) is 7.00. The van der Waals surface area contributed by atoms with Crippen molar-refractivity contribution < 1.29 is 14.4 Å². The zero-order valence-electron chi connectivity index (χ0n) is 15.0. The maximum atomic E-state index is 12.1. The molecule has 0 unspecified atom stereocenters. The summed E-state index contributed by atoms with van der Waals surface area (Å²) in [6.07, 6.45) is 0. The summed E-state index contributed by atoms with van der Waals surface area (Å²) in [6.45, 7) is 3.49. The summed E-state index contributed by atoms with van der Waals surface area (Å²) in [5.41, 5.74) is 6.80. The third-order valence-corrected chi connectivity index (χ3v) is 4.46. The van der Waals surface area contributed by atoms with E-state index in [1.807, 2.05) is 19.2 Å². The Hall–Kier alpha value is -2.42. The topological polar surface area (TPSA) is 113 Å². The van der Waals surface area contributed by atoms with Crippen molar-refractivity contribution in [2.45, 2.75) is 19.9 Å². The Labute approximate surface area is 168 Å². The molecule has 0 saturated carbocycles. The summed E-state index contributed by atoms with van der Waals surface area (Å²) in [6, 6.07) is 9.66. The van der Waals surface area contributed by atoms with Gasteiger partial charge in [0.05, 0.1) is 17.5 Å². The Kier molecular flexibility index (Phi) is 8.93. The molecule has 0 aliphatic heterocycles. The van der Waals surface area contributed by atoms with Crippen LogP contribution in [0.15, 0.2) is 41.8 Å². The smallest absolute Gasteiger partial charge is 0.265 e. The number of hydrogen-bond donors (Lipinski definition) is 4. The first-order valence-corrected chi connectivity index (χ1v) is 9.03. The lowest BCUT2D eigenvalue weighted by atomic mass is 10.1. The SMILES string of the molecule is CC(C)[C@H](N)C(=O)NCC(=O)Nc1cccc(NC(=O)c2cccs2)c1.Cl. The van der Waals surface area contributed by atoms with E-state index in [1.165, 1.54) is 11.3 Å². The Morgan fingerprint density at radius 2 is 1.74 bits per heavy atom. The third kappa shape index (κ3) is 7.01. The van der Waals surface area contributed by atoms with Gasteiger partial charge >= 0.3 is 0 Å². The van der Waals surface area contributed by atoms with Gasteiger partial charge in [0.1, 0.15) is 0 Å². The molecule has 0 saturated heterocycles. The van der Waals surface area contributed by atoms with Gasteiger partial charge in [0.25, 0.3) is 5.91 Å². The molecular weight excluding hydrogens is 388 g/mol. The van der Waals surface area contributed by atoms with Gasteiger partial charge in [0, 0.05) is 11.4 Å². The summed E-state index contributed by atoms with van der Waals surface area (Å²) in [4.78, 5) is 36.4. The summed E-state index contributed by atoms with van der Waals surface area (Å²) in [5.74, 6) is -0.969. The molecule has 2 aromatic rings. The molecular formula is C18H23ClN4O3S. The zero-order chi connectivity index (χ0) is 19.1. The van der Waals surface area contributed by atoms with E-state index in [9.17, 15) is 14.4 Å². The van der Waals surface area contributed by atoms with Gasteiger partial charge in [-0.25, -0.2) is 0 Å². The number of nitrogens with two attached hydrogens (primary N) is 1. The molecule has 1 atom stereocenters. The first-order chi connectivity index (χ1) is 12.4. The van der Waals surface area contributed by atoms with Crippen molar-refractivity contribution in [3.05, 3.63) is 46.7 Å². The van der Waals surface area contributed by atoms with E-state index in [4.69, 9.17) is 5.73 Å². The van der Waals surface area contributed by atoms with E-state index >= 15 is 0 Å². The van der Waals surface area contributed by atoms with Crippen molar-refractivity contribution in [2.24, 2.45) is 11.7 Å². The highest BCUT2D eigenvalue weighted by molar-refractivity contribution is 7.12. The molecule has 9 heteroatoms. The number of halogens is 1. The molecule has 2 rings (SSSR count). The largest absolute Gasteiger partial charge is 0.346 e. The van der Waals surface area contributed by atoms with Crippen LogP contribution < -0.4 is 21.7 Å². The number of carbonyl (C=O) groups excluding carboxylic acids is 3. The average molecular weight is 411 g/mol. The molecule has 0 spiro atoms. The van der Waals surface area contributed by atoms with Gasteiger partial charge in [0.2, 0.25) is 11.8 Å². The third-order valence-electron chi connectivity index (χ3n) is 3.59. The molecule has 27 heavy (non-hydrogen) atoms. The predicted octanol–water partition coefficient (Wildman–Crippen LogP) is 2.46. The van der Waals surface area contributed by atoms with Gasteiger partial charge in [-0.15, -0.1) is 23.7 Å². The van der Waals surface area contributed by atoms with Gasteiger partial charge in [0.15, 0.2) is 0 Å². The normalized spacial score (nSPS) is 11.3. The van der Waals surface area contributed by atoms with Crippen LogP contribution in [0, 0.1) is 5.92 Å².